The van der Waals surface area contributed by atoms with Gasteiger partial charge < -0.3 is 56.2 Å². The van der Waals surface area contributed by atoms with Gasteiger partial charge in [-0.3, -0.25) is 14.8 Å². The molecular formula is C80H118Cl2N16O5. The summed E-state index contributed by atoms with van der Waals surface area (Å²) in [5.74, 6) is 4.19. The number of aromatic carboxylic acids is 1. The largest absolute Gasteiger partial charge is 0.477 e. The molecule has 8 fully saturated rings. The third-order valence-electron chi connectivity index (χ3n) is 22.9. The monoisotopic (exact) mass is 1450 g/mol. The molecule has 7 N–H and O–H groups in total. The summed E-state index contributed by atoms with van der Waals surface area (Å²) in [6, 6.07) is 19.3. The predicted octanol–water partition coefficient (Wildman–Crippen LogP) is 12.5. The number of anilines is 2. The van der Waals surface area contributed by atoms with Crippen LogP contribution in [0.25, 0.3) is 9.69 Å². The van der Waals surface area contributed by atoms with Crippen molar-refractivity contribution < 1.29 is 24.5 Å². The molecule has 12 aliphatic rings. The van der Waals surface area contributed by atoms with Crippen LogP contribution < -0.4 is 26.8 Å². The van der Waals surface area contributed by atoms with Crippen molar-refractivity contribution in [1.29, 1.82) is 0 Å². The number of amides is 1. The minimum Gasteiger partial charge on any atom is -0.477 e. The first kappa shape index (κ1) is 80.9. The SMILES string of the molecule is C1CCOC1.CN1CC[C@@H](CN)C1.CN1CC[C@@H](CN)C1.CO.C[C@@H]1CCN(C)C1.C[C@@H]1CCNC1.[C-]#[N+]c1ccc(N2N=C3c4ccc(C(=O)N(C)[C@@H]5CCN(C)C5)nc4CCC3C2C2CCCC2)cc1Cl.[C-]#[N+]c1ccc(N2N=C3c4ccc(C(=O)O)nc4CCC3C2C2CCCC2)cc1Cl. The first-order chi connectivity index (χ1) is 49.8. The van der Waals surface area contributed by atoms with E-state index in [0.717, 1.165) is 148 Å². The molecular weight excluding hydrogens is 1340 g/mol. The number of hydrazone groups is 2. The van der Waals surface area contributed by atoms with Gasteiger partial charge in [0.1, 0.15) is 11.4 Å². The quantitative estimate of drug-likeness (QED) is 0.0981. The number of aryl methyl sites for hydroxylation is 2. The summed E-state index contributed by atoms with van der Waals surface area (Å²) in [7, 11) is 11.5. The van der Waals surface area contributed by atoms with Gasteiger partial charge in [0.2, 0.25) is 11.4 Å². The molecule has 0 spiro atoms. The minimum atomic E-state index is -1.01. The van der Waals surface area contributed by atoms with Gasteiger partial charge in [-0.15, -0.1) is 0 Å². The molecule has 1 amide bonds. The second-order valence-electron chi connectivity index (χ2n) is 30.7. The molecule has 10 heterocycles. The van der Waals surface area contributed by atoms with Gasteiger partial charge in [-0.05, 0) is 261 Å². The first-order valence-corrected chi connectivity index (χ1v) is 39.1. The van der Waals surface area contributed by atoms with Gasteiger partial charge in [0.15, 0.2) is 0 Å². The summed E-state index contributed by atoms with van der Waals surface area (Å²) < 4.78 is 4.94. The third kappa shape index (κ3) is 21.6. The van der Waals surface area contributed by atoms with E-state index < -0.39 is 5.97 Å². The molecule has 8 aliphatic heterocycles. The number of nitrogens with two attached hydrogens (primary N) is 2. The number of nitrogens with zero attached hydrogens (tertiary/aromatic N) is 13. The van der Waals surface area contributed by atoms with Crippen molar-refractivity contribution in [2.24, 2.45) is 69.0 Å². The summed E-state index contributed by atoms with van der Waals surface area (Å²) in [4.78, 5) is 52.0. The zero-order valence-corrected chi connectivity index (χ0v) is 64.3. The summed E-state index contributed by atoms with van der Waals surface area (Å²) in [6.45, 7) is 34.8. The van der Waals surface area contributed by atoms with Gasteiger partial charge in [-0.2, -0.15) is 10.2 Å². The fourth-order valence-corrected chi connectivity index (χ4v) is 17.5. The normalized spacial score (nSPS) is 26.3. The van der Waals surface area contributed by atoms with Gasteiger partial charge in [0.25, 0.3) is 5.91 Å². The van der Waals surface area contributed by atoms with Gasteiger partial charge in [0, 0.05) is 92.6 Å². The lowest BCUT2D eigenvalue weighted by molar-refractivity contribution is 0.0688. The Morgan fingerprint density at radius 1 is 0.592 bits per heavy atom. The average Bonchev–Trinajstić information content (AvgIpc) is 1.61. The molecule has 0 radical (unpaired) electrons. The van der Waals surface area contributed by atoms with Gasteiger partial charge in [-0.1, -0.05) is 74.9 Å². The Labute approximate surface area is 624 Å². The summed E-state index contributed by atoms with van der Waals surface area (Å²) in [6.07, 6.45) is 22.3. The second kappa shape index (κ2) is 40.0. The molecule has 0 bridgehead atoms. The standard InChI is InChI=1S/C29H33ClN6O.C23H21ClN4O2.2C6H14N2.C6H13N.C5H11N.C4H8O.CH4O/c1-31-25-11-8-19(16-23(25)30)36-28(18-6-4-5-7-18)22-10-12-24-21(27(22)33-36)9-13-26(32-24)29(37)35(3)20-14-15-34(2)17-20;1-25-19-9-6-14(12-17(19)24)28-22(13-4-2-3-5-13)16-8-10-18-15(21(16)27-28)7-11-20(26-18)23(29)30;2*1-8-3-2-6(4-7)5-8;1-6-3-4-7(2)5-6;1-5-2-3-6-4-5;1-2-4-5-3-1;1-2/h8-9,11,13,16,18,20,22,28H,4-7,10,12,14-15,17H2,2-3H3;6-7,9,11-13,16,22H,2-5,8,10H2,(H,29,30);2*6H,2-5,7H2,1H3;6H,3-5H2,1-2H3;5-6H,2-4H2,1H3;1-4H2;2H,1H3/t20-,22?,28?;;3*6-;5-;;/m1.0011../s1. The number of aliphatic hydroxyl groups is 1. The first-order valence-electron chi connectivity index (χ1n) is 38.3. The van der Waals surface area contributed by atoms with Crippen molar-refractivity contribution in [2.45, 2.75) is 154 Å². The van der Waals surface area contributed by atoms with Crippen LogP contribution in [0.2, 0.25) is 10.0 Å². The predicted molar refractivity (Wildman–Crippen MR) is 417 cm³/mol. The van der Waals surface area contributed by atoms with Crippen LogP contribution >= 0.6 is 23.2 Å². The van der Waals surface area contributed by atoms with Crippen LogP contribution in [0.1, 0.15) is 166 Å². The molecule has 4 aromatic rings. The van der Waals surface area contributed by atoms with Crippen molar-refractivity contribution in [3.63, 3.8) is 0 Å². The number of likely N-dealkylation sites (tertiary alicyclic amines) is 4. The summed E-state index contributed by atoms with van der Waals surface area (Å²) in [5.41, 5.74) is 20.2. The molecule has 2 aromatic carbocycles. The number of carbonyl (C=O) groups excluding carboxylic acids is 1. The smallest absolute Gasteiger partial charge is 0.354 e. The number of benzene rings is 2. The number of carbonyl (C=O) groups is 2. The van der Waals surface area contributed by atoms with Crippen LogP contribution in [-0.4, -0.2) is 220 Å². The van der Waals surface area contributed by atoms with E-state index >= 15 is 0 Å². The fraction of sp³-hybridized carbons (Fsp3) is 0.650. The molecule has 2 saturated carbocycles. The Morgan fingerprint density at radius 3 is 1.38 bits per heavy atom. The van der Waals surface area contributed by atoms with Gasteiger partial charge >= 0.3 is 5.97 Å². The minimum absolute atomic E-state index is 0.00131. The van der Waals surface area contributed by atoms with E-state index in [1.54, 1.807) is 18.2 Å². The maximum atomic E-state index is 13.3. The molecule has 16 rings (SSSR count). The van der Waals surface area contributed by atoms with Crippen LogP contribution in [0, 0.1) is 60.5 Å². The molecule has 103 heavy (non-hydrogen) atoms. The Morgan fingerprint density at radius 2 is 1.05 bits per heavy atom. The van der Waals surface area contributed by atoms with E-state index in [4.69, 9.17) is 72.8 Å². The number of halogens is 2. The lowest BCUT2D eigenvalue weighted by Gasteiger charge is -2.34. The molecule has 4 aliphatic carbocycles. The number of likely N-dealkylation sites (N-methyl/N-ethyl adjacent to an activating group) is 2. The van der Waals surface area contributed by atoms with Crippen LogP contribution in [0.4, 0.5) is 22.7 Å². The number of rotatable bonds is 9. The highest BCUT2D eigenvalue weighted by Gasteiger charge is 2.48. The van der Waals surface area contributed by atoms with Gasteiger partial charge in [-0.25, -0.2) is 24.5 Å². The second-order valence-corrected chi connectivity index (χ2v) is 31.5. The maximum Gasteiger partial charge on any atom is 0.354 e. The van der Waals surface area contributed by atoms with Crippen molar-refractivity contribution in [2.75, 3.05) is 144 Å². The molecule has 4 unspecified atom stereocenters. The molecule has 2 aromatic heterocycles. The highest BCUT2D eigenvalue weighted by molar-refractivity contribution is 6.34. The molecule has 21 nitrogen and oxygen atoms in total. The molecule has 9 atom stereocenters. The van der Waals surface area contributed by atoms with Crippen molar-refractivity contribution >= 4 is 69.3 Å². The number of hydrogen-bond acceptors (Lipinski definition) is 17. The number of carboxylic acids is 1. The van der Waals surface area contributed by atoms with Gasteiger partial charge in [0.05, 0.1) is 59.4 Å². The zero-order valence-electron chi connectivity index (χ0n) is 62.8. The van der Waals surface area contributed by atoms with Crippen molar-refractivity contribution in [3.05, 3.63) is 127 Å². The molecule has 562 valence electrons. The average molecular weight is 1450 g/mol. The molecule has 23 heteroatoms. The number of fused-ring (bicyclic) bond motifs is 6. The van der Waals surface area contributed by atoms with E-state index in [2.05, 4.69) is 97.7 Å². The fourth-order valence-electron chi connectivity index (χ4n) is 17.0. The highest BCUT2D eigenvalue weighted by Crippen LogP contribution is 2.48. The Balaban J connectivity index is 0.000000163. The van der Waals surface area contributed by atoms with E-state index in [1.807, 2.05) is 48.3 Å². The number of nitrogens with one attached hydrogen (secondary N) is 1. The van der Waals surface area contributed by atoms with E-state index in [0.29, 0.717) is 44.9 Å². The van der Waals surface area contributed by atoms with Crippen LogP contribution in [0.5, 0.6) is 0 Å². The van der Waals surface area contributed by atoms with Crippen LogP contribution in [-0.2, 0) is 17.6 Å². The zero-order chi connectivity index (χ0) is 73.7. The van der Waals surface area contributed by atoms with Crippen molar-refractivity contribution in [3.8, 4) is 0 Å². The van der Waals surface area contributed by atoms with E-state index in [-0.39, 0.29) is 35.6 Å². The summed E-state index contributed by atoms with van der Waals surface area (Å²) >= 11 is 12.8. The number of pyridine rings is 2. The van der Waals surface area contributed by atoms with Crippen LogP contribution in [0.3, 0.4) is 0 Å². The van der Waals surface area contributed by atoms with Crippen LogP contribution in [0.15, 0.2) is 70.9 Å². The number of carboxylic acid groups (broad SMARTS) is 1. The topological polar surface area (TPSA) is 230 Å². The number of aromatic nitrogens is 2. The molecule has 6 saturated heterocycles. The number of aliphatic hydroxyl groups excluding tert-OH is 1. The van der Waals surface area contributed by atoms with E-state index in [9.17, 15) is 14.7 Å². The lowest BCUT2D eigenvalue weighted by Crippen LogP contribution is -2.41. The number of hydrogen-bond donors (Lipinski definition) is 5. The third-order valence-corrected chi connectivity index (χ3v) is 23.5. The summed E-state index contributed by atoms with van der Waals surface area (Å²) in [5, 5.41) is 35.0. The highest BCUT2D eigenvalue weighted by atomic mass is 35.5. The van der Waals surface area contributed by atoms with Crippen molar-refractivity contribution in [1.82, 2.24) is 39.8 Å². The maximum absolute atomic E-state index is 13.3. The Kier molecular flexibility index (Phi) is 31.4. The lowest BCUT2D eigenvalue weighted by atomic mass is 9.76. The Hall–Kier alpha value is -6.18. The Bertz CT molecular complexity index is 3510. The number of ether oxygens (including phenoxy) is 1. The van der Waals surface area contributed by atoms with E-state index in [1.165, 1.54) is 142 Å².